The van der Waals surface area contributed by atoms with Gasteiger partial charge < -0.3 is 11.1 Å². The number of hydrogen-bond donors (Lipinski definition) is 2. The van der Waals surface area contributed by atoms with Crippen LogP contribution in [0.15, 0.2) is 29.6 Å². The van der Waals surface area contributed by atoms with Gasteiger partial charge >= 0.3 is 0 Å². The van der Waals surface area contributed by atoms with Gasteiger partial charge in [0, 0.05) is 0 Å². The van der Waals surface area contributed by atoms with Gasteiger partial charge in [-0.1, -0.05) is 6.07 Å². The van der Waals surface area contributed by atoms with E-state index >= 15 is 0 Å². The minimum atomic E-state index is -0.535. The summed E-state index contributed by atoms with van der Waals surface area (Å²) in [5.41, 5.74) is 6.72. The van der Waals surface area contributed by atoms with Crippen LogP contribution in [0.2, 0.25) is 0 Å². The number of halogens is 1. The first-order valence-electron chi connectivity index (χ1n) is 4.99. The predicted octanol–water partition coefficient (Wildman–Crippen LogP) is 3.03. The summed E-state index contributed by atoms with van der Waals surface area (Å²) in [4.78, 5) is 12.4. The fourth-order valence-corrected chi connectivity index (χ4v) is 2.27. The lowest BCUT2D eigenvalue weighted by Crippen LogP contribution is -2.14. The number of benzene rings is 1. The molecule has 3 N–H and O–H groups in total. The van der Waals surface area contributed by atoms with Gasteiger partial charge in [0.15, 0.2) is 0 Å². The molecule has 0 aliphatic rings. The molecule has 0 aliphatic heterocycles. The average molecular weight is 250 g/mol. The Morgan fingerprint density at radius 2 is 2.18 bits per heavy atom. The number of rotatable bonds is 2. The van der Waals surface area contributed by atoms with Gasteiger partial charge in [0.05, 0.1) is 10.6 Å². The summed E-state index contributed by atoms with van der Waals surface area (Å²) in [6, 6.07) is 6.13. The Balaban J connectivity index is 2.28. The zero-order valence-corrected chi connectivity index (χ0v) is 9.98. The standard InChI is InChI=1S/C12H11FN2OS/c1-7-5-6-17-11(7)12(16)15-10-8(13)3-2-4-9(10)14/h2-6H,14H2,1H3,(H,15,16). The second-order valence-corrected chi connectivity index (χ2v) is 4.51. The number of anilines is 2. The number of nitrogens with one attached hydrogen (secondary N) is 1. The van der Waals surface area contributed by atoms with Crippen LogP contribution in [0.1, 0.15) is 15.2 Å². The highest BCUT2D eigenvalue weighted by molar-refractivity contribution is 7.12. The van der Waals surface area contributed by atoms with E-state index in [0.717, 1.165) is 5.56 Å². The maximum atomic E-state index is 13.5. The first-order valence-corrected chi connectivity index (χ1v) is 5.87. The molecule has 1 heterocycles. The van der Waals surface area contributed by atoms with Crippen molar-refractivity contribution in [2.75, 3.05) is 11.1 Å². The number of nitrogen functional groups attached to an aromatic ring is 1. The van der Waals surface area contributed by atoms with Gasteiger partial charge in [-0.15, -0.1) is 11.3 Å². The summed E-state index contributed by atoms with van der Waals surface area (Å²) < 4.78 is 13.5. The highest BCUT2D eigenvalue weighted by atomic mass is 32.1. The molecule has 1 amide bonds. The number of hydrogen-bond acceptors (Lipinski definition) is 3. The van der Waals surface area contributed by atoms with Gasteiger partial charge in [-0.3, -0.25) is 4.79 Å². The fraction of sp³-hybridized carbons (Fsp3) is 0.0833. The maximum Gasteiger partial charge on any atom is 0.266 e. The molecule has 3 nitrogen and oxygen atoms in total. The molecule has 1 aromatic carbocycles. The lowest BCUT2D eigenvalue weighted by molar-refractivity contribution is 0.102. The number of para-hydroxylation sites is 1. The second-order valence-electron chi connectivity index (χ2n) is 3.59. The molecular weight excluding hydrogens is 239 g/mol. The van der Waals surface area contributed by atoms with Gasteiger partial charge in [-0.25, -0.2) is 4.39 Å². The van der Waals surface area contributed by atoms with E-state index < -0.39 is 5.82 Å². The van der Waals surface area contributed by atoms with Crippen molar-refractivity contribution in [3.8, 4) is 0 Å². The van der Waals surface area contributed by atoms with Crippen molar-refractivity contribution in [3.05, 3.63) is 45.9 Å². The van der Waals surface area contributed by atoms with Crippen molar-refractivity contribution in [1.29, 1.82) is 0 Å². The summed E-state index contributed by atoms with van der Waals surface area (Å²) in [7, 11) is 0. The Bertz CT molecular complexity index is 545. The maximum absolute atomic E-state index is 13.5. The van der Waals surface area contributed by atoms with Crippen molar-refractivity contribution in [2.45, 2.75) is 6.92 Å². The van der Waals surface area contributed by atoms with Crippen LogP contribution in [-0.4, -0.2) is 5.91 Å². The molecule has 0 aliphatic carbocycles. The topological polar surface area (TPSA) is 55.1 Å². The number of thiophene rings is 1. The Morgan fingerprint density at radius 1 is 1.41 bits per heavy atom. The predicted molar refractivity (Wildman–Crippen MR) is 67.8 cm³/mol. The monoisotopic (exact) mass is 250 g/mol. The van der Waals surface area contributed by atoms with Crippen molar-refractivity contribution >= 4 is 28.6 Å². The first kappa shape index (κ1) is 11.6. The first-order chi connectivity index (χ1) is 8.09. The van der Waals surface area contributed by atoms with E-state index in [-0.39, 0.29) is 17.3 Å². The zero-order valence-electron chi connectivity index (χ0n) is 9.16. The SMILES string of the molecule is Cc1ccsc1C(=O)Nc1c(N)cccc1F. The summed E-state index contributed by atoms with van der Waals surface area (Å²) in [5.74, 6) is -0.873. The van der Waals surface area contributed by atoms with Crippen molar-refractivity contribution in [2.24, 2.45) is 0 Å². The van der Waals surface area contributed by atoms with E-state index in [0.29, 0.717) is 4.88 Å². The van der Waals surface area contributed by atoms with Crippen LogP contribution < -0.4 is 11.1 Å². The normalized spacial score (nSPS) is 10.2. The molecule has 1 aromatic heterocycles. The molecular formula is C12H11FN2OS. The highest BCUT2D eigenvalue weighted by Crippen LogP contribution is 2.24. The zero-order chi connectivity index (χ0) is 12.4. The summed E-state index contributed by atoms with van der Waals surface area (Å²) in [5, 5.41) is 4.31. The minimum absolute atomic E-state index is 0.0327. The molecule has 0 radical (unpaired) electrons. The third-order valence-electron chi connectivity index (χ3n) is 2.35. The molecule has 2 rings (SSSR count). The van der Waals surface area contributed by atoms with Crippen LogP contribution in [-0.2, 0) is 0 Å². The number of nitrogens with two attached hydrogens (primary N) is 1. The molecule has 0 unspecified atom stereocenters. The third-order valence-corrected chi connectivity index (χ3v) is 3.37. The van der Waals surface area contributed by atoms with E-state index in [1.54, 1.807) is 6.07 Å². The average Bonchev–Trinajstić information content (AvgIpc) is 2.70. The Morgan fingerprint density at radius 3 is 2.76 bits per heavy atom. The summed E-state index contributed by atoms with van der Waals surface area (Å²) in [6.07, 6.45) is 0. The molecule has 0 atom stereocenters. The second kappa shape index (κ2) is 4.55. The van der Waals surface area contributed by atoms with E-state index in [1.807, 2.05) is 18.4 Å². The Kier molecular flexibility index (Phi) is 3.10. The van der Waals surface area contributed by atoms with Crippen LogP contribution in [0, 0.1) is 12.7 Å². The number of carbonyl (C=O) groups excluding carboxylic acids is 1. The largest absolute Gasteiger partial charge is 0.397 e. The van der Waals surface area contributed by atoms with Gasteiger partial charge in [-0.2, -0.15) is 0 Å². The van der Waals surface area contributed by atoms with E-state index in [9.17, 15) is 9.18 Å². The molecule has 5 heteroatoms. The quantitative estimate of drug-likeness (QED) is 0.805. The molecule has 0 saturated carbocycles. The lowest BCUT2D eigenvalue weighted by Gasteiger charge is -2.08. The lowest BCUT2D eigenvalue weighted by atomic mass is 10.2. The van der Waals surface area contributed by atoms with E-state index in [4.69, 9.17) is 5.73 Å². The molecule has 0 saturated heterocycles. The number of amides is 1. The number of aryl methyl sites for hydroxylation is 1. The van der Waals surface area contributed by atoms with Crippen molar-refractivity contribution < 1.29 is 9.18 Å². The van der Waals surface area contributed by atoms with Crippen molar-refractivity contribution in [1.82, 2.24) is 0 Å². The molecule has 17 heavy (non-hydrogen) atoms. The third kappa shape index (κ3) is 2.29. The summed E-state index contributed by atoms with van der Waals surface area (Å²) >= 11 is 1.31. The van der Waals surface area contributed by atoms with Gasteiger partial charge in [0.25, 0.3) is 5.91 Å². The Hall–Kier alpha value is -1.88. The summed E-state index contributed by atoms with van der Waals surface area (Å²) in [6.45, 7) is 1.83. The number of carbonyl (C=O) groups is 1. The fourth-order valence-electron chi connectivity index (χ4n) is 1.45. The van der Waals surface area contributed by atoms with Crippen LogP contribution in [0.5, 0.6) is 0 Å². The molecule has 0 spiro atoms. The van der Waals surface area contributed by atoms with Gasteiger partial charge in [0.2, 0.25) is 0 Å². The van der Waals surface area contributed by atoms with Gasteiger partial charge in [-0.05, 0) is 36.1 Å². The molecule has 88 valence electrons. The minimum Gasteiger partial charge on any atom is -0.397 e. The highest BCUT2D eigenvalue weighted by Gasteiger charge is 2.14. The molecule has 2 aromatic rings. The molecule has 0 bridgehead atoms. The van der Waals surface area contributed by atoms with Crippen LogP contribution in [0.4, 0.5) is 15.8 Å². The Labute approximate surface area is 102 Å². The van der Waals surface area contributed by atoms with Crippen LogP contribution in [0.3, 0.4) is 0 Å². The van der Waals surface area contributed by atoms with Crippen molar-refractivity contribution in [3.63, 3.8) is 0 Å². The van der Waals surface area contributed by atoms with Crippen LogP contribution >= 0.6 is 11.3 Å². The van der Waals surface area contributed by atoms with E-state index in [1.165, 1.54) is 23.5 Å². The van der Waals surface area contributed by atoms with Crippen LogP contribution in [0.25, 0.3) is 0 Å². The molecule has 0 fully saturated rings. The van der Waals surface area contributed by atoms with Gasteiger partial charge in [0.1, 0.15) is 11.5 Å². The van der Waals surface area contributed by atoms with E-state index in [2.05, 4.69) is 5.32 Å². The smallest absolute Gasteiger partial charge is 0.266 e.